The van der Waals surface area contributed by atoms with Gasteiger partial charge in [0.25, 0.3) is 0 Å². The van der Waals surface area contributed by atoms with Crippen LogP contribution in [0.4, 0.5) is 18.9 Å². The van der Waals surface area contributed by atoms with E-state index in [0.29, 0.717) is 22.2 Å². The van der Waals surface area contributed by atoms with Crippen molar-refractivity contribution < 1.29 is 23.0 Å². The average molecular weight is 467 g/mol. The van der Waals surface area contributed by atoms with Gasteiger partial charge in [-0.05, 0) is 41.7 Å². The molecule has 2 atom stereocenters. The SMILES string of the molecule is COc1c(Cl)ccc2c1C(C)(C)CC(O)(C(F)(F)F)C2Nc1cccc2[nH]c(=O)ccc12. The van der Waals surface area contributed by atoms with Crippen LogP contribution in [0.5, 0.6) is 5.75 Å². The molecule has 0 bridgehead atoms. The van der Waals surface area contributed by atoms with E-state index >= 15 is 0 Å². The summed E-state index contributed by atoms with van der Waals surface area (Å²) in [5.74, 6) is 0.285. The number of alkyl halides is 3. The van der Waals surface area contributed by atoms with Crippen molar-refractivity contribution in [3.8, 4) is 5.75 Å². The Kier molecular flexibility index (Phi) is 5.21. The molecule has 0 fully saturated rings. The van der Waals surface area contributed by atoms with Gasteiger partial charge < -0.3 is 20.1 Å². The molecule has 1 aliphatic rings. The molecule has 170 valence electrons. The molecule has 0 radical (unpaired) electrons. The van der Waals surface area contributed by atoms with E-state index in [1.54, 1.807) is 32.0 Å². The number of fused-ring (bicyclic) bond motifs is 2. The predicted octanol–water partition coefficient (Wildman–Crippen LogP) is 5.32. The second-order valence-electron chi connectivity index (χ2n) is 8.69. The summed E-state index contributed by atoms with van der Waals surface area (Å²) in [6.45, 7) is 3.25. The largest absolute Gasteiger partial charge is 0.495 e. The van der Waals surface area contributed by atoms with Gasteiger partial charge in [-0.3, -0.25) is 4.79 Å². The smallest absolute Gasteiger partial charge is 0.419 e. The number of hydrogen-bond acceptors (Lipinski definition) is 4. The van der Waals surface area contributed by atoms with Crippen LogP contribution in [0.15, 0.2) is 47.3 Å². The number of pyridine rings is 1. The van der Waals surface area contributed by atoms with Crippen molar-refractivity contribution >= 4 is 28.2 Å². The lowest BCUT2D eigenvalue weighted by atomic mass is 9.63. The first kappa shape index (κ1) is 22.5. The first-order valence-corrected chi connectivity index (χ1v) is 10.3. The summed E-state index contributed by atoms with van der Waals surface area (Å²) in [6.07, 6.45) is -5.53. The summed E-state index contributed by atoms with van der Waals surface area (Å²) >= 11 is 6.29. The van der Waals surface area contributed by atoms with Crippen LogP contribution in [0, 0.1) is 0 Å². The highest BCUT2D eigenvalue weighted by Gasteiger charge is 2.64. The Labute approximate surface area is 187 Å². The highest BCUT2D eigenvalue weighted by atomic mass is 35.5. The minimum atomic E-state index is -4.93. The topological polar surface area (TPSA) is 74.3 Å². The Morgan fingerprint density at radius 2 is 1.91 bits per heavy atom. The second-order valence-corrected chi connectivity index (χ2v) is 9.10. The lowest BCUT2D eigenvalue weighted by Gasteiger charge is -2.49. The van der Waals surface area contributed by atoms with E-state index in [-0.39, 0.29) is 21.9 Å². The van der Waals surface area contributed by atoms with Gasteiger partial charge in [0.1, 0.15) is 5.75 Å². The van der Waals surface area contributed by atoms with Gasteiger partial charge in [0.05, 0.1) is 23.7 Å². The summed E-state index contributed by atoms with van der Waals surface area (Å²) in [5, 5.41) is 14.8. The van der Waals surface area contributed by atoms with Crippen molar-refractivity contribution in [2.24, 2.45) is 0 Å². The number of nitrogens with one attached hydrogen (secondary N) is 2. The molecule has 0 saturated carbocycles. The number of aromatic amines is 1. The number of anilines is 1. The number of hydrogen-bond donors (Lipinski definition) is 3. The lowest BCUT2D eigenvalue weighted by Crippen LogP contribution is -2.58. The van der Waals surface area contributed by atoms with Gasteiger partial charge in [-0.15, -0.1) is 0 Å². The lowest BCUT2D eigenvalue weighted by molar-refractivity contribution is -0.275. The summed E-state index contributed by atoms with van der Waals surface area (Å²) in [6, 6.07) is 9.10. The molecule has 4 rings (SSSR count). The van der Waals surface area contributed by atoms with E-state index in [2.05, 4.69) is 10.3 Å². The number of aromatic nitrogens is 1. The number of H-pyrrole nitrogens is 1. The molecular weight excluding hydrogens is 445 g/mol. The Hall–Kier alpha value is -2.71. The molecule has 0 saturated heterocycles. The number of rotatable bonds is 3. The predicted molar refractivity (Wildman–Crippen MR) is 118 cm³/mol. The maximum absolute atomic E-state index is 14.3. The summed E-state index contributed by atoms with van der Waals surface area (Å²) < 4.78 is 48.5. The van der Waals surface area contributed by atoms with Crippen LogP contribution in [-0.4, -0.2) is 29.0 Å². The maximum Gasteiger partial charge on any atom is 0.419 e. The third-order valence-electron chi connectivity index (χ3n) is 6.08. The highest BCUT2D eigenvalue weighted by Crippen LogP contribution is 2.57. The second kappa shape index (κ2) is 7.42. The molecule has 9 heteroatoms. The van der Waals surface area contributed by atoms with E-state index in [9.17, 15) is 23.1 Å². The molecule has 2 aromatic carbocycles. The van der Waals surface area contributed by atoms with Crippen molar-refractivity contribution in [1.82, 2.24) is 4.98 Å². The average Bonchev–Trinajstić information content (AvgIpc) is 2.69. The molecule has 3 aromatic rings. The van der Waals surface area contributed by atoms with E-state index in [0.717, 1.165) is 0 Å². The standard InChI is InChI=1S/C23H22ClF3N2O3/c1-21(2)11-22(31,23(25,26)27)20(13-7-9-14(24)19(32-3)18(13)21)29-16-6-4-5-15-12(16)8-10-17(30)28-15/h4-10,20,29,31H,11H2,1-3H3,(H,28,30). The van der Waals surface area contributed by atoms with Gasteiger partial charge in [-0.2, -0.15) is 13.2 Å². The molecule has 5 nitrogen and oxygen atoms in total. The Bertz CT molecular complexity index is 1260. The fourth-order valence-corrected chi connectivity index (χ4v) is 5.00. The van der Waals surface area contributed by atoms with Crippen LogP contribution < -0.4 is 15.6 Å². The van der Waals surface area contributed by atoms with Gasteiger partial charge in [0.15, 0.2) is 5.60 Å². The number of benzene rings is 2. The quantitative estimate of drug-likeness (QED) is 0.488. The zero-order valence-electron chi connectivity index (χ0n) is 17.6. The van der Waals surface area contributed by atoms with Crippen LogP contribution >= 0.6 is 11.6 Å². The van der Waals surface area contributed by atoms with Gasteiger partial charge in [-0.1, -0.05) is 37.6 Å². The van der Waals surface area contributed by atoms with E-state index in [1.165, 1.54) is 31.4 Å². The molecule has 1 aliphatic carbocycles. The van der Waals surface area contributed by atoms with Crippen molar-refractivity contribution in [3.05, 3.63) is 69.0 Å². The first-order valence-electron chi connectivity index (χ1n) is 9.93. The third kappa shape index (κ3) is 3.42. The van der Waals surface area contributed by atoms with Gasteiger partial charge in [-0.25, -0.2) is 0 Å². The van der Waals surface area contributed by atoms with Crippen molar-refractivity contribution in [3.63, 3.8) is 0 Å². The Morgan fingerprint density at radius 1 is 1.19 bits per heavy atom. The Morgan fingerprint density at radius 3 is 2.56 bits per heavy atom. The highest BCUT2D eigenvalue weighted by molar-refractivity contribution is 6.32. The summed E-state index contributed by atoms with van der Waals surface area (Å²) in [5.41, 5.74) is -2.94. The fraction of sp³-hybridized carbons (Fsp3) is 0.348. The van der Waals surface area contributed by atoms with Crippen LogP contribution in [0.25, 0.3) is 10.9 Å². The zero-order chi connectivity index (χ0) is 23.5. The number of ether oxygens (including phenoxy) is 1. The third-order valence-corrected chi connectivity index (χ3v) is 6.38. The molecule has 1 heterocycles. The first-order chi connectivity index (χ1) is 14.9. The molecular formula is C23H22ClF3N2O3. The number of halogens is 4. The minimum absolute atomic E-state index is 0.240. The monoisotopic (exact) mass is 466 g/mol. The van der Waals surface area contributed by atoms with Crippen LogP contribution in [-0.2, 0) is 5.41 Å². The molecule has 0 aliphatic heterocycles. The van der Waals surface area contributed by atoms with Gasteiger partial charge >= 0.3 is 6.18 Å². The normalized spacial score (nSPS) is 22.4. The van der Waals surface area contributed by atoms with Crippen LogP contribution in [0.2, 0.25) is 5.02 Å². The van der Waals surface area contributed by atoms with Gasteiger partial charge in [0.2, 0.25) is 5.56 Å². The minimum Gasteiger partial charge on any atom is -0.495 e. The van der Waals surface area contributed by atoms with Crippen LogP contribution in [0.3, 0.4) is 0 Å². The van der Waals surface area contributed by atoms with Gasteiger partial charge in [0, 0.05) is 22.7 Å². The molecule has 0 amide bonds. The fourth-order valence-electron chi connectivity index (χ4n) is 4.76. The molecule has 3 N–H and O–H groups in total. The Balaban J connectivity index is 1.98. The van der Waals surface area contributed by atoms with Crippen LogP contribution in [0.1, 0.15) is 37.4 Å². The van der Waals surface area contributed by atoms with E-state index in [4.69, 9.17) is 16.3 Å². The molecule has 2 unspecified atom stereocenters. The maximum atomic E-state index is 14.3. The number of methoxy groups -OCH3 is 1. The zero-order valence-corrected chi connectivity index (χ0v) is 18.4. The summed E-state index contributed by atoms with van der Waals surface area (Å²) in [4.78, 5) is 14.3. The van der Waals surface area contributed by atoms with Crippen molar-refractivity contribution in [1.29, 1.82) is 0 Å². The molecule has 1 aromatic heterocycles. The molecule has 32 heavy (non-hydrogen) atoms. The molecule has 0 spiro atoms. The summed E-state index contributed by atoms with van der Waals surface area (Å²) in [7, 11) is 1.41. The van der Waals surface area contributed by atoms with E-state index in [1.807, 2.05) is 0 Å². The van der Waals surface area contributed by atoms with Crippen molar-refractivity contribution in [2.75, 3.05) is 12.4 Å². The number of aliphatic hydroxyl groups is 1. The van der Waals surface area contributed by atoms with E-state index < -0.39 is 29.7 Å². The van der Waals surface area contributed by atoms with Crippen molar-refractivity contribution in [2.45, 2.75) is 43.5 Å².